The maximum atomic E-state index is 5.56. The topological polar surface area (TPSA) is 60.0 Å². The first kappa shape index (κ1) is 11.9. The molecule has 0 fully saturated rings. The molecular formula is C12H19N5. The van der Waals surface area contributed by atoms with E-state index in [2.05, 4.69) is 21.8 Å². The number of fused-ring (bicyclic) bond motifs is 1. The lowest BCUT2D eigenvalue weighted by atomic mass is 10.3. The first-order valence-corrected chi connectivity index (χ1v) is 5.99. The van der Waals surface area contributed by atoms with Crippen LogP contribution in [0.5, 0.6) is 0 Å². The summed E-state index contributed by atoms with van der Waals surface area (Å²) in [6.07, 6.45) is 4.63. The molecule has 0 atom stereocenters. The van der Waals surface area contributed by atoms with Gasteiger partial charge in [-0.15, -0.1) is 0 Å². The number of rotatable bonds is 5. The van der Waals surface area contributed by atoms with E-state index in [0.717, 1.165) is 36.4 Å². The third-order valence-electron chi connectivity index (χ3n) is 2.94. The lowest BCUT2D eigenvalue weighted by molar-refractivity contribution is 0.747. The lowest BCUT2D eigenvalue weighted by Crippen LogP contribution is -2.26. The van der Waals surface area contributed by atoms with Crippen molar-refractivity contribution in [2.75, 3.05) is 24.5 Å². The number of imidazole rings is 1. The Hall–Kier alpha value is -1.62. The molecule has 5 nitrogen and oxygen atoms in total. The fourth-order valence-corrected chi connectivity index (χ4v) is 1.98. The first-order valence-electron chi connectivity index (χ1n) is 5.99. The molecule has 2 heterocycles. The predicted molar refractivity (Wildman–Crippen MR) is 70.1 cm³/mol. The zero-order valence-electron chi connectivity index (χ0n) is 10.4. The van der Waals surface area contributed by atoms with Crippen LogP contribution in [0.15, 0.2) is 18.6 Å². The van der Waals surface area contributed by atoms with Gasteiger partial charge in [-0.25, -0.2) is 9.97 Å². The molecule has 0 saturated carbocycles. The van der Waals surface area contributed by atoms with Crippen LogP contribution in [0.1, 0.15) is 13.3 Å². The van der Waals surface area contributed by atoms with Crippen LogP contribution in [0.2, 0.25) is 0 Å². The van der Waals surface area contributed by atoms with Gasteiger partial charge in [0.05, 0.1) is 11.8 Å². The van der Waals surface area contributed by atoms with Gasteiger partial charge in [0, 0.05) is 26.3 Å². The molecule has 5 heteroatoms. The summed E-state index contributed by atoms with van der Waals surface area (Å²) in [5, 5.41) is 0. The Morgan fingerprint density at radius 3 is 2.94 bits per heavy atom. The van der Waals surface area contributed by atoms with Crippen LogP contribution in [-0.4, -0.2) is 34.2 Å². The van der Waals surface area contributed by atoms with Gasteiger partial charge >= 0.3 is 0 Å². The van der Waals surface area contributed by atoms with E-state index in [4.69, 9.17) is 5.73 Å². The molecule has 92 valence electrons. The Balaban J connectivity index is 2.39. The minimum absolute atomic E-state index is 0.703. The third kappa shape index (κ3) is 2.24. The van der Waals surface area contributed by atoms with Gasteiger partial charge in [-0.1, -0.05) is 0 Å². The van der Waals surface area contributed by atoms with E-state index >= 15 is 0 Å². The molecule has 0 unspecified atom stereocenters. The van der Waals surface area contributed by atoms with E-state index < -0.39 is 0 Å². The molecule has 2 aromatic rings. The molecular weight excluding hydrogens is 214 g/mol. The first-order chi connectivity index (χ1) is 8.27. The zero-order chi connectivity index (χ0) is 12.3. The van der Waals surface area contributed by atoms with Gasteiger partial charge in [-0.05, 0) is 26.0 Å². The van der Waals surface area contributed by atoms with Crippen LogP contribution in [-0.2, 0) is 7.05 Å². The number of anilines is 1. The Morgan fingerprint density at radius 2 is 2.24 bits per heavy atom. The number of hydrogen-bond acceptors (Lipinski definition) is 4. The summed E-state index contributed by atoms with van der Waals surface area (Å²) in [4.78, 5) is 11.1. The van der Waals surface area contributed by atoms with E-state index in [1.165, 1.54) is 0 Å². The average Bonchev–Trinajstić information content (AvgIpc) is 2.73. The fraction of sp³-hybridized carbons (Fsp3) is 0.500. The van der Waals surface area contributed by atoms with Crippen LogP contribution >= 0.6 is 0 Å². The summed E-state index contributed by atoms with van der Waals surface area (Å²) in [5.74, 6) is 0.957. The minimum atomic E-state index is 0.703. The Labute approximate surface area is 101 Å². The van der Waals surface area contributed by atoms with Gasteiger partial charge in [0.2, 0.25) is 0 Å². The number of pyridine rings is 1. The summed E-state index contributed by atoms with van der Waals surface area (Å²) < 4.78 is 2.01. The van der Waals surface area contributed by atoms with E-state index in [9.17, 15) is 0 Å². The van der Waals surface area contributed by atoms with Crippen molar-refractivity contribution >= 4 is 16.9 Å². The number of nitrogens with two attached hydrogens (primary N) is 1. The highest BCUT2D eigenvalue weighted by Crippen LogP contribution is 2.22. The molecule has 0 bridgehead atoms. The SMILES string of the molecule is CCN(CCCN)c1nccc2c1ncn2C. The summed E-state index contributed by atoms with van der Waals surface area (Å²) >= 11 is 0. The van der Waals surface area contributed by atoms with Gasteiger partial charge in [0.1, 0.15) is 5.52 Å². The van der Waals surface area contributed by atoms with E-state index in [1.807, 2.05) is 30.2 Å². The van der Waals surface area contributed by atoms with Gasteiger partial charge < -0.3 is 15.2 Å². The number of hydrogen-bond donors (Lipinski definition) is 1. The van der Waals surface area contributed by atoms with Crippen LogP contribution < -0.4 is 10.6 Å². The van der Waals surface area contributed by atoms with Crippen LogP contribution in [0.3, 0.4) is 0 Å². The number of nitrogens with zero attached hydrogens (tertiary/aromatic N) is 4. The summed E-state index contributed by atoms with van der Waals surface area (Å²) in [7, 11) is 2.00. The summed E-state index contributed by atoms with van der Waals surface area (Å²) in [5.41, 5.74) is 7.64. The highest BCUT2D eigenvalue weighted by Gasteiger charge is 2.12. The molecule has 0 aromatic carbocycles. The van der Waals surface area contributed by atoms with Crippen molar-refractivity contribution in [3.63, 3.8) is 0 Å². The highest BCUT2D eigenvalue weighted by molar-refractivity contribution is 5.86. The molecule has 2 aromatic heterocycles. The van der Waals surface area contributed by atoms with Crippen molar-refractivity contribution in [1.82, 2.24) is 14.5 Å². The molecule has 0 radical (unpaired) electrons. The smallest absolute Gasteiger partial charge is 0.156 e. The monoisotopic (exact) mass is 233 g/mol. The Kier molecular flexibility index (Phi) is 3.58. The average molecular weight is 233 g/mol. The van der Waals surface area contributed by atoms with Crippen molar-refractivity contribution in [3.05, 3.63) is 18.6 Å². The van der Waals surface area contributed by atoms with Crippen LogP contribution in [0, 0.1) is 0 Å². The summed E-state index contributed by atoms with van der Waals surface area (Å²) in [6.45, 7) is 4.67. The second kappa shape index (κ2) is 5.14. The van der Waals surface area contributed by atoms with Crippen molar-refractivity contribution in [2.24, 2.45) is 12.8 Å². The van der Waals surface area contributed by atoms with Gasteiger partial charge in [-0.3, -0.25) is 0 Å². The zero-order valence-corrected chi connectivity index (χ0v) is 10.4. The second-order valence-electron chi connectivity index (χ2n) is 4.08. The number of aromatic nitrogens is 3. The molecule has 0 aliphatic heterocycles. The molecule has 0 aliphatic carbocycles. The van der Waals surface area contributed by atoms with Gasteiger partial charge in [0.25, 0.3) is 0 Å². The molecule has 0 aliphatic rings. The predicted octanol–water partition coefficient (Wildman–Crippen LogP) is 1.14. The molecule has 2 N–H and O–H groups in total. The quantitative estimate of drug-likeness (QED) is 0.841. The van der Waals surface area contributed by atoms with Crippen LogP contribution in [0.4, 0.5) is 5.82 Å². The van der Waals surface area contributed by atoms with Crippen molar-refractivity contribution in [2.45, 2.75) is 13.3 Å². The Morgan fingerprint density at radius 1 is 1.41 bits per heavy atom. The highest BCUT2D eigenvalue weighted by atomic mass is 15.2. The van der Waals surface area contributed by atoms with E-state index in [0.29, 0.717) is 6.54 Å². The van der Waals surface area contributed by atoms with E-state index in [-0.39, 0.29) is 0 Å². The largest absolute Gasteiger partial charge is 0.355 e. The summed E-state index contributed by atoms with van der Waals surface area (Å²) in [6, 6.07) is 1.99. The Bertz CT molecular complexity index is 491. The van der Waals surface area contributed by atoms with Crippen molar-refractivity contribution in [1.29, 1.82) is 0 Å². The second-order valence-corrected chi connectivity index (χ2v) is 4.08. The maximum absolute atomic E-state index is 5.56. The minimum Gasteiger partial charge on any atom is -0.355 e. The molecule has 17 heavy (non-hydrogen) atoms. The third-order valence-corrected chi connectivity index (χ3v) is 2.94. The van der Waals surface area contributed by atoms with Crippen molar-refractivity contribution < 1.29 is 0 Å². The molecule has 2 rings (SSSR count). The molecule has 0 amide bonds. The normalized spacial score (nSPS) is 11.0. The fourth-order valence-electron chi connectivity index (χ4n) is 1.98. The molecule has 0 spiro atoms. The van der Waals surface area contributed by atoms with Gasteiger partial charge in [0.15, 0.2) is 5.82 Å². The lowest BCUT2D eigenvalue weighted by Gasteiger charge is -2.21. The van der Waals surface area contributed by atoms with Crippen molar-refractivity contribution in [3.8, 4) is 0 Å². The number of aryl methyl sites for hydroxylation is 1. The molecule has 0 saturated heterocycles. The van der Waals surface area contributed by atoms with Gasteiger partial charge in [-0.2, -0.15) is 0 Å². The maximum Gasteiger partial charge on any atom is 0.156 e. The standard InChI is InChI=1S/C12H19N5/c1-3-17(8-4-6-13)12-11-10(5-7-14-12)16(2)9-15-11/h5,7,9H,3-4,6,8,13H2,1-2H3. The van der Waals surface area contributed by atoms with Crippen LogP contribution in [0.25, 0.3) is 11.0 Å². The van der Waals surface area contributed by atoms with E-state index in [1.54, 1.807) is 0 Å².